The van der Waals surface area contributed by atoms with Gasteiger partial charge in [-0.3, -0.25) is 4.90 Å². The SMILES string of the molecule is c1cc(N(C2CC2)C2CCN(Cc3nc4c(s3)CCC4)CC2)ncn1. The van der Waals surface area contributed by atoms with Crippen LogP contribution in [-0.2, 0) is 19.4 Å². The predicted molar refractivity (Wildman–Crippen MR) is 100.0 cm³/mol. The van der Waals surface area contributed by atoms with E-state index < -0.39 is 0 Å². The van der Waals surface area contributed by atoms with E-state index in [4.69, 9.17) is 4.98 Å². The van der Waals surface area contributed by atoms with Crippen LogP contribution in [0.5, 0.6) is 0 Å². The first kappa shape index (κ1) is 15.7. The third-order valence-corrected chi connectivity index (χ3v) is 6.86. The molecule has 0 bridgehead atoms. The second-order valence-corrected chi connectivity index (χ2v) is 8.71. The molecule has 2 aromatic heterocycles. The van der Waals surface area contributed by atoms with Crippen LogP contribution in [0.15, 0.2) is 18.6 Å². The quantitative estimate of drug-likeness (QED) is 0.825. The van der Waals surface area contributed by atoms with E-state index in [2.05, 4.69) is 25.8 Å². The number of anilines is 1. The van der Waals surface area contributed by atoms with Crippen molar-refractivity contribution in [1.29, 1.82) is 0 Å². The molecule has 1 aliphatic heterocycles. The van der Waals surface area contributed by atoms with Gasteiger partial charge in [0.25, 0.3) is 0 Å². The minimum Gasteiger partial charge on any atom is -0.350 e. The summed E-state index contributed by atoms with van der Waals surface area (Å²) in [6, 6.07) is 3.40. The predicted octanol–water partition coefficient (Wildman–Crippen LogP) is 3.06. The number of nitrogens with zero attached hydrogens (tertiary/aromatic N) is 5. The molecule has 0 radical (unpaired) electrons. The first-order valence-corrected chi connectivity index (χ1v) is 10.4. The second-order valence-electron chi connectivity index (χ2n) is 7.54. The molecule has 0 atom stereocenters. The Morgan fingerprint density at radius 2 is 1.96 bits per heavy atom. The van der Waals surface area contributed by atoms with Crippen molar-refractivity contribution in [2.24, 2.45) is 0 Å². The Kier molecular flexibility index (Phi) is 4.18. The summed E-state index contributed by atoms with van der Waals surface area (Å²) in [4.78, 5) is 20.2. The molecule has 5 rings (SSSR count). The maximum absolute atomic E-state index is 4.87. The lowest BCUT2D eigenvalue weighted by Gasteiger charge is -2.39. The average Bonchev–Trinajstić information content (AvgIpc) is 3.25. The van der Waals surface area contributed by atoms with Gasteiger partial charge in [-0.1, -0.05) is 0 Å². The van der Waals surface area contributed by atoms with Crippen molar-refractivity contribution in [1.82, 2.24) is 19.9 Å². The van der Waals surface area contributed by atoms with Crippen LogP contribution >= 0.6 is 11.3 Å². The number of aryl methyl sites for hydroxylation is 2. The van der Waals surface area contributed by atoms with Crippen LogP contribution in [-0.4, -0.2) is 45.0 Å². The molecule has 3 aliphatic rings. The highest BCUT2D eigenvalue weighted by atomic mass is 32.1. The van der Waals surface area contributed by atoms with Crippen LogP contribution in [0.2, 0.25) is 0 Å². The molecule has 25 heavy (non-hydrogen) atoms. The third kappa shape index (κ3) is 3.29. The number of piperidine rings is 1. The molecule has 1 saturated heterocycles. The summed E-state index contributed by atoms with van der Waals surface area (Å²) in [6.45, 7) is 3.38. The maximum atomic E-state index is 4.87. The number of hydrogen-bond acceptors (Lipinski definition) is 6. The molecular weight excluding hydrogens is 330 g/mol. The standard InChI is InChI=1S/C19H25N5S/c1-2-16-17(3-1)25-19(22-16)12-23-10-7-15(8-11-23)24(14-4-5-14)18-6-9-20-13-21-18/h6,9,13-15H,1-5,7-8,10-12H2. The van der Waals surface area contributed by atoms with Gasteiger partial charge in [0.1, 0.15) is 17.2 Å². The van der Waals surface area contributed by atoms with E-state index in [0.717, 1.165) is 12.4 Å². The van der Waals surface area contributed by atoms with E-state index in [-0.39, 0.29) is 0 Å². The van der Waals surface area contributed by atoms with E-state index in [1.165, 1.54) is 68.7 Å². The first-order chi connectivity index (χ1) is 12.4. The van der Waals surface area contributed by atoms with Gasteiger partial charge >= 0.3 is 0 Å². The molecule has 2 aromatic rings. The minimum absolute atomic E-state index is 0.625. The highest BCUT2D eigenvalue weighted by molar-refractivity contribution is 7.11. The largest absolute Gasteiger partial charge is 0.350 e. The zero-order valence-corrected chi connectivity index (χ0v) is 15.4. The van der Waals surface area contributed by atoms with Gasteiger partial charge in [0.05, 0.1) is 12.2 Å². The minimum atomic E-state index is 0.625. The van der Waals surface area contributed by atoms with Crippen LogP contribution in [0.4, 0.5) is 5.82 Å². The van der Waals surface area contributed by atoms with Crippen molar-refractivity contribution in [3.8, 4) is 0 Å². The van der Waals surface area contributed by atoms with Crippen LogP contribution in [0.3, 0.4) is 0 Å². The number of fused-ring (bicyclic) bond motifs is 1. The van der Waals surface area contributed by atoms with Crippen LogP contribution in [0.1, 0.15) is 47.7 Å². The number of likely N-dealkylation sites (tertiary alicyclic amines) is 1. The Morgan fingerprint density at radius 3 is 2.68 bits per heavy atom. The Balaban J connectivity index is 1.21. The van der Waals surface area contributed by atoms with E-state index in [1.54, 1.807) is 11.2 Å². The first-order valence-electron chi connectivity index (χ1n) is 9.61. The summed E-state index contributed by atoms with van der Waals surface area (Å²) >= 11 is 1.95. The molecule has 0 unspecified atom stereocenters. The molecule has 2 aliphatic carbocycles. The Bertz CT molecular complexity index is 697. The molecule has 3 heterocycles. The molecular formula is C19H25N5S. The monoisotopic (exact) mass is 355 g/mol. The Labute approximate surface area is 153 Å². The van der Waals surface area contributed by atoms with E-state index in [9.17, 15) is 0 Å². The highest BCUT2D eigenvalue weighted by Gasteiger charge is 2.36. The zero-order valence-electron chi connectivity index (χ0n) is 14.6. The maximum Gasteiger partial charge on any atom is 0.132 e. The normalized spacial score (nSPS) is 21.4. The summed E-state index contributed by atoms with van der Waals surface area (Å²) in [6.07, 6.45) is 12.4. The van der Waals surface area contributed by atoms with Crippen molar-refractivity contribution in [3.05, 3.63) is 34.2 Å². The lowest BCUT2D eigenvalue weighted by Crippen LogP contribution is -2.46. The van der Waals surface area contributed by atoms with Crippen molar-refractivity contribution in [3.63, 3.8) is 0 Å². The number of rotatable bonds is 5. The average molecular weight is 356 g/mol. The summed E-state index contributed by atoms with van der Waals surface area (Å²) < 4.78 is 0. The van der Waals surface area contributed by atoms with Gasteiger partial charge in [0, 0.05) is 36.2 Å². The molecule has 0 N–H and O–H groups in total. The highest BCUT2D eigenvalue weighted by Crippen LogP contribution is 2.35. The number of aromatic nitrogens is 3. The van der Waals surface area contributed by atoms with Gasteiger partial charge in [-0.15, -0.1) is 11.3 Å². The molecule has 0 amide bonds. The molecule has 0 aromatic carbocycles. The molecule has 5 nitrogen and oxygen atoms in total. The Morgan fingerprint density at radius 1 is 1.12 bits per heavy atom. The third-order valence-electron chi connectivity index (χ3n) is 5.72. The smallest absolute Gasteiger partial charge is 0.132 e. The summed E-state index contributed by atoms with van der Waals surface area (Å²) in [5, 5.41) is 1.33. The van der Waals surface area contributed by atoms with Gasteiger partial charge in [0.15, 0.2) is 0 Å². The molecule has 6 heteroatoms. The van der Waals surface area contributed by atoms with E-state index in [1.807, 2.05) is 17.5 Å². The van der Waals surface area contributed by atoms with Crippen molar-refractivity contribution in [2.75, 3.05) is 18.0 Å². The lowest BCUT2D eigenvalue weighted by atomic mass is 10.0. The molecule has 2 fully saturated rings. The number of hydrogen-bond donors (Lipinski definition) is 0. The summed E-state index contributed by atoms with van der Waals surface area (Å²) in [7, 11) is 0. The van der Waals surface area contributed by atoms with Gasteiger partial charge < -0.3 is 4.90 Å². The molecule has 1 saturated carbocycles. The van der Waals surface area contributed by atoms with Crippen molar-refractivity contribution in [2.45, 2.75) is 63.6 Å². The molecule has 0 spiro atoms. The van der Waals surface area contributed by atoms with Crippen LogP contribution < -0.4 is 4.90 Å². The van der Waals surface area contributed by atoms with Crippen molar-refractivity contribution < 1.29 is 0 Å². The summed E-state index contributed by atoms with van der Waals surface area (Å²) in [5.74, 6) is 1.12. The zero-order chi connectivity index (χ0) is 16.6. The molecule has 132 valence electrons. The fourth-order valence-electron chi connectivity index (χ4n) is 4.32. The van der Waals surface area contributed by atoms with Crippen molar-refractivity contribution >= 4 is 17.2 Å². The second kappa shape index (κ2) is 6.65. The van der Waals surface area contributed by atoms with Crippen LogP contribution in [0.25, 0.3) is 0 Å². The van der Waals surface area contributed by atoms with E-state index in [0.29, 0.717) is 12.1 Å². The summed E-state index contributed by atoms with van der Waals surface area (Å²) in [5.41, 5.74) is 1.39. The lowest BCUT2D eigenvalue weighted by molar-refractivity contribution is 0.200. The topological polar surface area (TPSA) is 45.2 Å². The number of thiazole rings is 1. The fraction of sp³-hybridized carbons (Fsp3) is 0.632. The van der Waals surface area contributed by atoms with Gasteiger partial charge in [0.2, 0.25) is 0 Å². The van der Waals surface area contributed by atoms with E-state index >= 15 is 0 Å². The fourth-order valence-corrected chi connectivity index (χ4v) is 5.52. The Hall–Kier alpha value is -1.53. The van der Waals surface area contributed by atoms with Gasteiger partial charge in [-0.2, -0.15) is 0 Å². The van der Waals surface area contributed by atoms with Crippen LogP contribution in [0, 0.1) is 0 Å². The van der Waals surface area contributed by atoms with Gasteiger partial charge in [-0.05, 0) is 51.0 Å². The van der Waals surface area contributed by atoms with Gasteiger partial charge in [-0.25, -0.2) is 15.0 Å².